The fourth-order valence-corrected chi connectivity index (χ4v) is 4.58. The maximum Gasteiger partial charge on any atom is 0.214 e. The maximum absolute atomic E-state index is 12.4. The Bertz CT molecular complexity index is 718. The molecule has 4 heteroatoms. The summed E-state index contributed by atoms with van der Waals surface area (Å²) < 4.78 is 26.4. The van der Waals surface area contributed by atoms with Gasteiger partial charge in [-0.05, 0) is 36.0 Å². The van der Waals surface area contributed by atoms with Crippen molar-refractivity contribution in [1.82, 2.24) is 4.31 Å². The zero-order valence-corrected chi connectivity index (χ0v) is 14.1. The van der Waals surface area contributed by atoms with E-state index in [4.69, 9.17) is 0 Å². The highest BCUT2D eigenvalue weighted by Gasteiger charge is 2.23. The summed E-state index contributed by atoms with van der Waals surface area (Å²) in [4.78, 5) is 0. The number of benzene rings is 2. The SMILES string of the molecule is O=S(=O)(CCc1ccc(-c2ccccc2)cc1)N1CCCCC1. The molecule has 1 heterocycles. The predicted molar refractivity (Wildman–Crippen MR) is 94.8 cm³/mol. The highest BCUT2D eigenvalue weighted by Crippen LogP contribution is 2.20. The van der Waals surface area contributed by atoms with Crippen molar-refractivity contribution in [3.05, 3.63) is 60.2 Å². The highest BCUT2D eigenvalue weighted by molar-refractivity contribution is 7.89. The van der Waals surface area contributed by atoms with Gasteiger partial charge in [-0.15, -0.1) is 0 Å². The zero-order valence-electron chi connectivity index (χ0n) is 13.3. The Morgan fingerprint density at radius 3 is 2.04 bits per heavy atom. The van der Waals surface area contributed by atoms with E-state index in [1.54, 1.807) is 4.31 Å². The first-order valence-corrected chi connectivity index (χ1v) is 9.88. The second kappa shape index (κ2) is 7.28. The van der Waals surface area contributed by atoms with Gasteiger partial charge in [0.25, 0.3) is 0 Å². The molecule has 0 atom stereocenters. The molecule has 1 aliphatic heterocycles. The van der Waals surface area contributed by atoms with Crippen molar-refractivity contribution < 1.29 is 8.42 Å². The van der Waals surface area contributed by atoms with E-state index in [0.29, 0.717) is 19.5 Å². The van der Waals surface area contributed by atoms with Crippen LogP contribution in [0.4, 0.5) is 0 Å². The molecule has 122 valence electrons. The third-order valence-corrected chi connectivity index (χ3v) is 6.29. The first kappa shape index (κ1) is 16.2. The van der Waals surface area contributed by atoms with Gasteiger partial charge in [0.1, 0.15) is 0 Å². The second-order valence-electron chi connectivity index (χ2n) is 6.09. The molecule has 1 saturated heterocycles. The third-order valence-electron chi connectivity index (χ3n) is 4.42. The Morgan fingerprint density at radius 2 is 1.39 bits per heavy atom. The molecule has 0 aliphatic carbocycles. The largest absolute Gasteiger partial charge is 0.214 e. The van der Waals surface area contributed by atoms with Gasteiger partial charge >= 0.3 is 0 Å². The van der Waals surface area contributed by atoms with E-state index in [2.05, 4.69) is 24.3 Å². The van der Waals surface area contributed by atoms with Crippen molar-refractivity contribution in [1.29, 1.82) is 0 Å². The summed E-state index contributed by atoms with van der Waals surface area (Å²) in [5.41, 5.74) is 3.42. The molecule has 3 nitrogen and oxygen atoms in total. The van der Waals surface area contributed by atoms with Crippen LogP contribution in [0.2, 0.25) is 0 Å². The van der Waals surface area contributed by atoms with E-state index in [0.717, 1.165) is 30.4 Å². The van der Waals surface area contributed by atoms with Gasteiger partial charge in [-0.3, -0.25) is 0 Å². The van der Waals surface area contributed by atoms with E-state index in [9.17, 15) is 8.42 Å². The number of rotatable bonds is 5. The Morgan fingerprint density at radius 1 is 0.783 bits per heavy atom. The Balaban J connectivity index is 1.62. The molecule has 0 N–H and O–H groups in total. The molecule has 1 aliphatic rings. The van der Waals surface area contributed by atoms with Gasteiger partial charge in [0, 0.05) is 13.1 Å². The lowest BCUT2D eigenvalue weighted by atomic mass is 10.0. The Kier molecular flexibility index (Phi) is 5.13. The van der Waals surface area contributed by atoms with E-state index >= 15 is 0 Å². The van der Waals surface area contributed by atoms with Gasteiger partial charge in [0.15, 0.2) is 0 Å². The summed E-state index contributed by atoms with van der Waals surface area (Å²) in [5, 5.41) is 0. The molecular weight excluding hydrogens is 306 g/mol. The molecule has 0 spiro atoms. The fourth-order valence-electron chi connectivity index (χ4n) is 3.01. The van der Waals surface area contributed by atoms with Gasteiger partial charge in [0.2, 0.25) is 10.0 Å². The quantitative estimate of drug-likeness (QED) is 0.838. The Hall–Kier alpha value is -1.65. The summed E-state index contributed by atoms with van der Waals surface area (Å²) in [6.45, 7) is 1.38. The number of piperidine rings is 1. The van der Waals surface area contributed by atoms with E-state index in [1.807, 2.05) is 30.3 Å². The van der Waals surface area contributed by atoms with Crippen LogP contribution < -0.4 is 0 Å². The molecule has 0 saturated carbocycles. The number of nitrogens with zero attached hydrogens (tertiary/aromatic N) is 1. The second-order valence-corrected chi connectivity index (χ2v) is 8.18. The Labute approximate surface area is 139 Å². The topological polar surface area (TPSA) is 37.4 Å². The summed E-state index contributed by atoms with van der Waals surface area (Å²) in [6, 6.07) is 18.4. The molecule has 2 aromatic carbocycles. The summed E-state index contributed by atoms with van der Waals surface area (Å²) in [5.74, 6) is 0.206. The normalized spacial score (nSPS) is 16.3. The number of aryl methyl sites for hydroxylation is 1. The summed E-state index contributed by atoms with van der Waals surface area (Å²) in [6.07, 6.45) is 3.71. The molecule has 3 rings (SSSR count). The van der Waals surface area contributed by atoms with E-state index in [1.165, 1.54) is 5.56 Å². The van der Waals surface area contributed by atoms with E-state index in [-0.39, 0.29) is 5.75 Å². The van der Waals surface area contributed by atoms with Crippen LogP contribution in [0.1, 0.15) is 24.8 Å². The molecule has 0 unspecified atom stereocenters. The highest BCUT2D eigenvalue weighted by atomic mass is 32.2. The van der Waals surface area contributed by atoms with Crippen LogP contribution in [-0.4, -0.2) is 31.6 Å². The van der Waals surface area contributed by atoms with Crippen LogP contribution in [0.3, 0.4) is 0 Å². The van der Waals surface area contributed by atoms with Crippen LogP contribution in [0.15, 0.2) is 54.6 Å². The number of hydrogen-bond acceptors (Lipinski definition) is 2. The molecular formula is C19H23NO2S. The molecule has 0 aromatic heterocycles. The average Bonchev–Trinajstić information content (AvgIpc) is 2.62. The van der Waals surface area contributed by atoms with Gasteiger partial charge in [-0.1, -0.05) is 61.0 Å². The maximum atomic E-state index is 12.4. The molecule has 0 bridgehead atoms. The van der Waals surface area contributed by atoms with Crippen molar-refractivity contribution in [2.75, 3.05) is 18.8 Å². The van der Waals surface area contributed by atoms with Crippen LogP contribution >= 0.6 is 0 Å². The van der Waals surface area contributed by atoms with Gasteiger partial charge in [-0.25, -0.2) is 12.7 Å². The molecule has 1 fully saturated rings. The first-order valence-electron chi connectivity index (χ1n) is 8.27. The van der Waals surface area contributed by atoms with Crippen molar-refractivity contribution in [2.45, 2.75) is 25.7 Å². The lowest BCUT2D eigenvalue weighted by molar-refractivity contribution is 0.346. The number of sulfonamides is 1. The smallest absolute Gasteiger partial charge is 0.212 e. The third kappa shape index (κ3) is 4.21. The van der Waals surface area contributed by atoms with Crippen LogP contribution in [0, 0.1) is 0 Å². The molecule has 0 radical (unpaired) electrons. The van der Waals surface area contributed by atoms with Crippen LogP contribution in [-0.2, 0) is 16.4 Å². The van der Waals surface area contributed by atoms with Crippen molar-refractivity contribution in [2.24, 2.45) is 0 Å². The van der Waals surface area contributed by atoms with Gasteiger partial charge in [-0.2, -0.15) is 0 Å². The van der Waals surface area contributed by atoms with Gasteiger partial charge < -0.3 is 0 Å². The lowest BCUT2D eigenvalue weighted by Gasteiger charge is -2.25. The number of hydrogen-bond donors (Lipinski definition) is 0. The minimum Gasteiger partial charge on any atom is -0.212 e. The summed E-state index contributed by atoms with van der Waals surface area (Å²) >= 11 is 0. The van der Waals surface area contributed by atoms with Crippen molar-refractivity contribution in [3.63, 3.8) is 0 Å². The minimum atomic E-state index is -3.11. The molecule has 2 aromatic rings. The fraction of sp³-hybridized carbons (Fsp3) is 0.368. The minimum absolute atomic E-state index is 0.206. The summed E-state index contributed by atoms with van der Waals surface area (Å²) in [7, 11) is -3.11. The van der Waals surface area contributed by atoms with Crippen molar-refractivity contribution >= 4 is 10.0 Å². The van der Waals surface area contributed by atoms with Crippen LogP contribution in [0.25, 0.3) is 11.1 Å². The standard InChI is InChI=1S/C19H23NO2S/c21-23(22,20-14-5-2-6-15-20)16-13-17-9-11-19(12-10-17)18-7-3-1-4-8-18/h1,3-4,7-12H,2,5-6,13-16H2. The lowest BCUT2D eigenvalue weighted by Crippen LogP contribution is -2.37. The van der Waals surface area contributed by atoms with E-state index < -0.39 is 10.0 Å². The zero-order chi connectivity index (χ0) is 16.1. The average molecular weight is 329 g/mol. The predicted octanol–water partition coefficient (Wildman–Crippen LogP) is 3.71. The van der Waals surface area contributed by atoms with Crippen molar-refractivity contribution in [3.8, 4) is 11.1 Å². The van der Waals surface area contributed by atoms with Crippen LogP contribution in [0.5, 0.6) is 0 Å². The van der Waals surface area contributed by atoms with Gasteiger partial charge in [0.05, 0.1) is 5.75 Å². The molecule has 0 amide bonds. The first-order chi connectivity index (χ1) is 11.1. The molecule has 23 heavy (non-hydrogen) atoms. The monoisotopic (exact) mass is 329 g/mol.